The highest BCUT2D eigenvalue weighted by Crippen LogP contribution is 2.35. The molecule has 2 heterocycles. The van der Waals surface area contributed by atoms with Crippen LogP contribution in [0.25, 0.3) is 0 Å². The van der Waals surface area contributed by atoms with Crippen LogP contribution in [0.2, 0.25) is 0 Å². The molecule has 0 saturated carbocycles. The van der Waals surface area contributed by atoms with Crippen molar-refractivity contribution in [3.05, 3.63) is 23.8 Å². The highest BCUT2D eigenvalue weighted by atomic mass is 16.2. The minimum absolute atomic E-state index is 0.0736. The monoisotopic (exact) mass is 242 g/mol. The Morgan fingerprint density at radius 1 is 1.39 bits per heavy atom. The quantitative estimate of drug-likeness (QED) is 0.770. The summed E-state index contributed by atoms with van der Waals surface area (Å²) >= 11 is 0. The van der Waals surface area contributed by atoms with E-state index in [0.717, 1.165) is 24.5 Å². The maximum Gasteiger partial charge on any atom is 0.246 e. The molecule has 2 aliphatic rings. The molecule has 0 unspecified atom stereocenters. The largest absolute Gasteiger partial charge is 0.355 e. The number of likely N-dealkylation sites (N-methyl/N-ethyl adjacent to an activating group) is 1. The average molecular weight is 242 g/mol. The number of nitrogens with zero attached hydrogens (tertiary/aromatic N) is 3. The molecule has 1 saturated heterocycles. The number of nitrogens with one attached hydrogen (secondary N) is 1. The number of anilines is 2. The fourth-order valence-corrected chi connectivity index (χ4v) is 2.40. The molecule has 0 aliphatic carbocycles. The molecule has 2 aliphatic heterocycles. The SMILES string of the molecule is CN1C(=O)CN(C2CNC2)c2ccc(C#N)cc21. The Bertz CT molecular complexity index is 544. The summed E-state index contributed by atoms with van der Waals surface area (Å²) in [5, 5.41) is 12.2. The van der Waals surface area contributed by atoms with Crippen LogP contribution in [0.1, 0.15) is 5.56 Å². The van der Waals surface area contributed by atoms with Gasteiger partial charge in [0.05, 0.1) is 35.6 Å². The summed E-state index contributed by atoms with van der Waals surface area (Å²) in [5.74, 6) is 0.0736. The number of nitriles is 1. The van der Waals surface area contributed by atoms with E-state index in [2.05, 4.69) is 16.3 Å². The van der Waals surface area contributed by atoms with Gasteiger partial charge in [0.15, 0.2) is 0 Å². The zero-order chi connectivity index (χ0) is 12.7. The molecule has 0 bridgehead atoms. The lowest BCUT2D eigenvalue weighted by atomic mass is 10.0. The van der Waals surface area contributed by atoms with Crippen LogP contribution < -0.4 is 15.1 Å². The van der Waals surface area contributed by atoms with E-state index in [1.54, 1.807) is 18.0 Å². The number of benzene rings is 1. The second kappa shape index (κ2) is 4.00. The number of hydrogen-bond donors (Lipinski definition) is 1. The molecule has 0 aromatic heterocycles. The van der Waals surface area contributed by atoms with Gasteiger partial charge in [0, 0.05) is 20.1 Å². The molecule has 92 valence electrons. The first kappa shape index (κ1) is 11.1. The fourth-order valence-electron chi connectivity index (χ4n) is 2.40. The number of amides is 1. The van der Waals surface area contributed by atoms with Gasteiger partial charge in [-0.05, 0) is 18.2 Å². The van der Waals surface area contributed by atoms with Gasteiger partial charge in [-0.25, -0.2) is 0 Å². The fraction of sp³-hybridized carbons (Fsp3) is 0.385. The molecule has 0 spiro atoms. The van der Waals surface area contributed by atoms with Crippen molar-refractivity contribution in [3.63, 3.8) is 0 Å². The molecular weight excluding hydrogens is 228 g/mol. The van der Waals surface area contributed by atoms with Crippen LogP contribution in [0.4, 0.5) is 11.4 Å². The van der Waals surface area contributed by atoms with Gasteiger partial charge in [-0.1, -0.05) is 0 Å². The minimum Gasteiger partial charge on any atom is -0.355 e. The van der Waals surface area contributed by atoms with Gasteiger partial charge in [0.2, 0.25) is 5.91 Å². The zero-order valence-electron chi connectivity index (χ0n) is 10.2. The molecule has 5 heteroatoms. The molecule has 1 aromatic carbocycles. The van der Waals surface area contributed by atoms with E-state index in [-0.39, 0.29) is 5.91 Å². The number of carbonyl (C=O) groups excluding carboxylic acids is 1. The maximum absolute atomic E-state index is 12.0. The first-order valence-corrected chi connectivity index (χ1v) is 5.99. The van der Waals surface area contributed by atoms with E-state index in [9.17, 15) is 4.79 Å². The van der Waals surface area contributed by atoms with Crippen molar-refractivity contribution in [1.82, 2.24) is 5.32 Å². The smallest absolute Gasteiger partial charge is 0.246 e. The van der Waals surface area contributed by atoms with Gasteiger partial charge in [-0.15, -0.1) is 0 Å². The summed E-state index contributed by atoms with van der Waals surface area (Å²) in [6, 6.07) is 8.03. The summed E-state index contributed by atoms with van der Waals surface area (Å²) < 4.78 is 0. The van der Waals surface area contributed by atoms with Crippen molar-refractivity contribution >= 4 is 17.3 Å². The van der Waals surface area contributed by atoms with E-state index in [4.69, 9.17) is 5.26 Å². The van der Waals surface area contributed by atoms with Crippen molar-refractivity contribution in [2.24, 2.45) is 0 Å². The van der Waals surface area contributed by atoms with E-state index in [1.165, 1.54) is 0 Å². The lowest BCUT2D eigenvalue weighted by Crippen LogP contribution is -2.61. The van der Waals surface area contributed by atoms with Crippen molar-refractivity contribution < 1.29 is 4.79 Å². The van der Waals surface area contributed by atoms with E-state index >= 15 is 0 Å². The molecule has 1 amide bonds. The summed E-state index contributed by atoms with van der Waals surface area (Å²) in [6.45, 7) is 2.24. The Hall–Kier alpha value is -2.06. The molecule has 5 nitrogen and oxygen atoms in total. The Kier molecular flexibility index (Phi) is 2.46. The van der Waals surface area contributed by atoms with Crippen LogP contribution in [0, 0.1) is 11.3 Å². The first-order valence-electron chi connectivity index (χ1n) is 5.99. The predicted octanol–water partition coefficient (Wildman–Crippen LogP) is 0.313. The highest BCUT2D eigenvalue weighted by molar-refractivity contribution is 6.03. The van der Waals surface area contributed by atoms with Crippen LogP contribution in [0.5, 0.6) is 0 Å². The van der Waals surface area contributed by atoms with Gasteiger partial charge in [-0.3, -0.25) is 4.79 Å². The highest BCUT2D eigenvalue weighted by Gasteiger charge is 2.33. The van der Waals surface area contributed by atoms with Crippen molar-refractivity contribution in [3.8, 4) is 6.07 Å². The second-order valence-corrected chi connectivity index (χ2v) is 4.71. The van der Waals surface area contributed by atoms with Crippen molar-refractivity contribution in [2.45, 2.75) is 6.04 Å². The first-order chi connectivity index (χ1) is 8.70. The Labute approximate surface area is 106 Å². The van der Waals surface area contributed by atoms with Gasteiger partial charge < -0.3 is 15.1 Å². The third kappa shape index (κ3) is 1.54. The predicted molar refractivity (Wildman–Crippen MR) is 68.6 cm³/mol. The Morgan fingerprint density at radius 3 is 2.78 bits per heavy atom. The normalized spacial score (nSPS) is 19.2. The number of carbonyl (C=O) groups is 1. The third-order valence-corrected chi connectivity index (χ3v) is 3.66. The van der Waals surface area contributed by atoms with Crippen LogP contribution in [0.3, 0.4) is 0 Å². The summed E-state index contributed by atoms with van der Waals surface area (Å²) in [4.78, 5) is 15.8. The third-order valence-electron chi connectivity index (χ3n) is 3.66. The molecule has 1 aromatic rings. The maximum atomic E-state index is 12.0. The molecule has 1 N–H and O–H groups in total. The van der Waals surface area contributed by atoms with Gasteiger partial charge >= 0.3 is 0 Å². The van der Waals surface area contributed by atoms with Crippen LogP contribution in [-0.2, 0) is 4.79 Å². The topological polar surface area (TPSA) is 59.4 Å². The van der Waals surface area contributed by atoms with Gasteiger partial charge in [0.1, 0.15) is 0 Å². The summed E-state index contributed by atoms with van der Waals surface area (Å²) in [5.41, 5.74) is 2.46. The van der Waals surface area contributed by atoms with Crippen molar-refractivity contribution in [2.75, 3.05) is 36.5 Å². The molecule has 0 atom stereocenters. The zero-order valence-corrected chi connectivity index (χ0v) is 10.2. The van der Waals surface area contributed by atoms with Crippen LogP contribution in [0.15, 0.2) is 18.2 Å². The van der Waals surface area contributed by atoms with Gasteiger partial charge in [-0.2, -0.15) is 5.26 Å². The number of rotatable bonds is 1. The standard InChI is InChI=1S/C13H14N4O/c1-16-12-4-9(5-14)2-3-11(12)17(8-13(16)18)10-6-15-7-10/h2-4,10,15H,6-8H2,1H3. The second-order valence-electron chi connectivity index (χ2n) is 4.71. The minimum atomic E-state index is 0.0736. The number of hydrogen-bond acceptors (Lipinski definition) is 4. The van der Waals surface area contributed by atoms with Crippen LogP contribution in [-0.4, -0.2) is 38.6 Å². The molecule has 0 radical (unpaired) electrons. The van der Waals surface area contributed by atoms with E-state index in [0.29, 0.717) is 18.2 Å². The summed E-state index contributed by atoms with van der Waals surface area (Å²) in [7, 11) is 1.76. The van der Waals surface area contributed by atoms with E-state index < -0.39 is 0 Å². The lowest BCUT2D eigenvalue weighted by molar-refractivity contribution is -0.117. The Balaban J connectivity index is 2.06. The van der Waals surface area contributed by atoms with Crippen molar-refractivity contribution in [1.29, 1.82) is 5.26 Å². The summed E-state index contributed by atoms with van der Waals surface area (Å²) in [6.07, 6.45) is 0. The number of fused-ring (bicyclic) bond motifs is 1. The molecule has 18 heavy (non-hydrogen) atoms. The molecule has 3 rings (SSSR count). The lowest BCUT2D eigenvalue weighted by Gasteiger charge is -2.44. The van der Waals surface area contributed by atoms with E-state index in [1.807, 2.05) is 12.1 Å². The molecule has 1 fully saturated rings. The van der Waals surface area contributed by atoms with Gasteiger partial charge in [0.25, 0.3) is 0 Å². The molecular formula is C13H14N4O. The average Bonchev–Trinajstić information content (AvgIpc) is 2.33. The van der Waals surface area contributed by atoms with Crippen LogP contribution >= 0.6 is 0 Å². The Morgan fingerprint density at radius 2 is 2.17 bits per heavy atom.